The van der Waals surface area contributed by atoms with Crippen molar-refractivity contribution in [3.05, 3.63) is 28.2 Å². The Hall–Kier alpha value is -1.28. The van der Waals surface area contributed by atoms with Crippen LogP contribution in [0.1, 0.15) is 12.5 Å². The molecule has 0 aliphatic rings. The molecule has 21 heavy (non-hydrogen) atoms. The van der Waals surface area contributed by atoms with Crippen LogP contribution in [0, 0.1) is 0 Å². The second-order valence-electron chi connectivity index (χ2n) is 4.40. The van der Waals surface area contributed by atoms with Gasteiger partial charge in [-0.1, -0.05) is 22.0 Å². The predicted octanol–water partition coefficient (Wildman–Crippen LogP) is 3.07. The van der Waals surface area contributed by atoms with E-state index in [0.29, 0.717) is 12.3 Å². The van der Waals surface area contributed by atoms with Crippen LogP contribution in [0.2, 0.25) is 0 Å². The molecular formula is C13H16BrF3N2O2. The Morgan fingerprint density at radius 2 is 2.10 bits per heavy atom. The van der Waals surface area contributed by atoms with Gasteiger partial charge in [-0.15, -0.1) is 0 Å². The number of methoxy groups -OCH3 is 1. The van der Waals surface area contributed by atoms with Crippen molar-refractivity contribution >= 4 is 27.5 Å². The number of anilines is 1. The lowest BCUT2D eigenvalue weighted by atomic mass is 10.1. The third kappa shape index (κ3) is 5.92. The highest BCUT2D eigenvalue weighted by Gasteiger charge is 2.28. The third-order valence-electron chi connectivity index (χ3n) is 2.64. The van der Waals surface area contributed by atoms with Gasteiger partial charge in [-0.25, -0.2) is 0 Å². The highest BCUT2D eigenvalue weighted by Crippen LogP contribution is 2.26. The minimum Gasteiger partial charge on any atom is -0.380 e. The molecule has 0 spiro atoms. The number of hydrogen-bond acceptors (Lipinski definition) is 3. The summed E-state index contributed by atoms with van der Waals surface area (Å²) in [4.78, 5) is 11.6. The van der Waals surface area contributed by atoms with Gasteiger partial charge in [-0.3, -0.25) is 4.79 Å². The summed E-state index contributed by atoms with van der Waals surface area (Å²) in [5.41, 5.74) is 1.41. The summed E-state index contributed by atoms with van der Waals surface area (Å²) >= 11 is 3.36. The molecule has 1 amide bonds. The molecule has 0 saturated carbocycles. The standard InChI is InChI=1S/C13H16BrF3N2O2/c1-8(12(20)18-7-13(15,16)17)19-11-5-3-4-10(14)9(11)6-21-2/h3-5,8,19H,6-7H2,1-2H3,(H,18,20). The summed E-state index contributed by atoms with van der Waals surface area (Å²) in [6.07, 6.45) is -4.42. The molecule has 1 aromatic carbocycles. The van der Waals surface area contributed by atoms with Crippen molar-refractivity contribution in [3.63, 3.8) is 0 Å². The molecule has 0 aliphatic heterocycles. The van der Waals surface area contributed by atoms with Crippen LogP contribution in [-0.2, 0) is 16.1 Å². The van der Waals surface area contributed by atoms with E-state index in [-0.39, 0.29) is 0 Å². The number of nitrogens with one attached hydrogen (secondary N) is 2. The molecule has 1 unspecified atom stereocenters. The lowest BCUT2D eigenvalue weighted by Gasteiger charge is -2.19. The van der Waals surface area contributed by atoms with E-state index in [4.69, 9.17) is 4.74 Å². The molecule has 0 aromatic heterocycles. The number of hydrogen-bond donors (Lipinski definition) is 2. The molecule has 2 N–H and O–H groups in total. The summed E-state index contributed by atoms with van der Waals surface area (Å²) in [7, 11) is 1.53. The molecular weight excluding hydrogens is 353 g/mol. The topological polar surface area (TPSA) is 50.4 Å². The first-order valence-electron chi connectivity index (χ1n) is 6.12. The quantitative estimate of drug-likeness (QED) is 0.811. The van der Waals surface area contributed by atoms with Crippen LogP contribution >= 0.6 is 15.9 Å². The molecule has 0 bridgehead atoms. The Labute approximate surface area is 129 Å². The van der Waals surface area contributed by atoms with Crippen molar-refractivity contribution in [2.75, 3.05) is 19.0 Å². The number of rotatable bonds is 6. The number of halogens is 4. The Bertz CT molecular complexity index is 495. The second kappa shape index (κ2) is 7.65. The van der Waals surface area contributed by atoms with Gasteiger partial charge < -0.3 is 15.4 Å². The van der Waals surface area contributed by atoms with Gasteiger partial charge in [0.2, 0.25) is 5.91 Å². The highest BCUT2D eigenvalue weighted by molar-refractivity contribution is 9.10. The molecule has 1 rings (SSSR count). The maximum absolute atomic E-state index is 12.1. The van der Waals surface area contributed by atoms with Crippen LogP contribution in [0.4, 0.5) is 18.9 Å². The fourth-order valence-corrected chi connectivity index (χ4v) is 2.10. The molecule has 1 atom stereocenters. The lowest BCUT2D eigenvalue weighted by Crippen LogP contribution is -2.42. The number of ether oxygens (including phenoxy) is 1. The first kappa shape index (κ1) is 17.8. The molecule has 8 heteroatoms. The Kier molecular flexibility index (Phi) is 6.47. The number of alkyl halides is 3. The molecule has 0 radical (unpaired) electrons. The number of benzene rings is 1. The molecule has 4 nitrogen and oxygen atoms in total. The van der Waals surface area contributed by atoms with E-state index in [2.05, 4.69) is 21.2 Å². The second-order valence-corrected chi connectivity index (χ2v) is 5.25. The minimum absolute atomic E-state index is 0.306. The zero-order valence-corrected chi connectivity index (χ0v) is 13.1. The van der Waals surface area contributed by atoms with Crippen molar-refractivity contribution < 1.29 is 22.7 Å². The fourth-order valence-electron chi connectivity index (χ4n) is 1.62. The van der Waals surface area contributed by atoms with Gasteiger partial charge in [0, 0.05) is 22.8 Å². The first-order valence-corrected chi connectivity index (χ1v) is 6.91. The third-order valence-corrected chi connectivity index (χ3v) is 3.38. The molecule has 0 fully saturated rings. The van der Waals surface area contributed by atoms with Gasteiger partial charge in [0.25, 0.3) is 0 Å². The van der Waals surface area contributed by atoms with Crippen LogP contribution in [0.15, 0.2) is 22.7 Å². The van der Waals surface area contributed by atoms with Crippen molar-refractivity contribution in [2.45, 2.75) is 25.7 Å². The van der Waals surface area contributed by atoms with E-state index >= 15 is 0 Å². The van der Waals surface area contributed by atoms with Crippen LogP contribution < -0.4 is 10.6 Å². The first-order chi connectivity index (χ1) is 9.74. The number of carbonyl (C=O) groups excluding carboxylic acids is 1. The predicted molar refractivity (Wildman–Crippen MR) is 77.0 cm³/mol. The van der Waals surface area contributed by atoms with Gasteiger partial charge in [0.1, 0.15) is 12.6 Å². The summed E-state index contributed by atoms with van der Waals surface area (Å²) in [5, 5.41) is 4.72. The number of carbonyl (C=O) groups is 1. The maximum Gasteiger partial charge on any atom is 0.405 e. The number of amides is 1. The molecule has 0 saturated heterocycles. The Morgan fingerprint density at radius 3 is 2.67 bits per heavy atom. The molecule has 118 valence electrons. The zero-order valence-electron chi connectivity index (χ0n) is 11.6. The van der Waals surface area contributed by atoms with Gasteiger partial charge in [-0.2, -0.15) is 13.2 Å². The maximum atomic E-state index is 12.1. The van der Waals surface area contributed by atoms with Gasteiger partial charge >= 0.3 is 6.18 Å². The molecule has 0 aliphatic carbocycles. The van der Waals surface area contributed by atoms with E-state index in [1.54, 1.807) is 12.1 Å². The van der Waals surface area contributed by atoms with Crippen LogP contribution in [0.25, 0.3) is 0 Å². The van der Waals surface area contributed by atoms with Crippen molar-refractivity contribution in [2.24, 2.45) is 0 Å². The molecule has 0 heterocycles. The van der Waals surface area contributed by atoms with E-state index in [9.17, 15) is 18.0 Å². The largest absolute Gasteiger partial charge is 0.405 e. The van der Waals surface area contributed by atoms with E-state index in [0.717, 1.165) is 10.0 Å². The van der Waals surface area contributed by atoms with Crippen molar-refractivity contribution in [3.8, 4) is 0 Å². The van der Waals surface area contributed by atoms with Crippen LogP contribution in [-0.4, -0.2) is 31.8 Å². The van der Waals surface area contributed by atoms with E-state index in [1.807, 2.05) is 11.4 Å². The van der Waals surface area contributed by atoms with Gasteiger partial charge in [0.05, 0.1) is 6.61 Å². The van der Waals surface area contributed by atoms with E-state index < -0.39 is 24.7 Å². The molecule has 1 aromatic rings. The lowest BCUT2D eigenvalue weighted by molar-refractivity contribution is -0.138. The Balaban J connectivity index is 2.72. The van der Waals surface area contributed by atoms with Crippen LogP contribution in [0.3, 0.4) is 0 Å². The SMILES string of the molecule is COCc1c(Br)cccc1NC(C)C(=O)NCC(F)(F)F. The summed E-state index contributed by atoms with van der Waals surface area (Å²) in [5.74, 6) is -0.726. The van der Waals surface area contributed by atoms with Crippen molar-refractivity contribution in [1.82, 2.24) is 5.32 Å². The highest BCUT2D eigenvalue weighted by atomic mass is 79.9. The monoisotopic (exact) mass is 368 g/mol. The van der Waals surface area contributed by atoms with Gasteiger partial charge in [-0.05, 0) is 19.1 Å². The minimum atomic E-state index is -4.42. The van der Waals surface area contributed by atoms with Gasteiger partial charge in [0.15, 0.2) is 0 Å². The van der Waals surface area contributed by atoms with Crippen LogP contribution in [0.5, 0.6) is 0 Å². The van der Waals surface area contributed by atoms with Crippen molar-refractivity contribution in [1.29, 1.82) is 0 Å². The zero-order chi connectivity index (χ0) is 16.0. The summed E-state index contributed by atoms with van der Waals surface area (Å²) in [6, 6.07) is 4.49. The summed E-state index contributed by atoms with van der Waals surface area (Å²) in [6.45, 7) is 0.450. The fraction of sp³-hybridized carbons (Fsp3) is 0.462. The Morgan fingerprint density at radius 1 is 1.43 bits per heavy atom. The van der Waals surface area contributed by atoms with E-state index in [1.165, 1.54) is 14.0 Å². The smallest absolute Gasteiger partial charge is 0.380 e. The summed E-state index contributed by atoms with van der Waals surface area (Å²) < 4.78 is 42.1. The average Bonchev–Trinajstić information content (AvgIpc) is 2.39. The average molecular weight is 369 g/mol. The normalized spacial score (nSPS) is 12.9.